The molecule has 0 unspecified atom stereocenters. The number of carboxylic acids is 1. The summed E-state index contributed by atoms with van der Waals surface area (Å²) >= 11 is 0. The molecule has 4 heteroatoms. The molecule has 4 aliphatic rings. The van der Waals surface area contributed by atoms with E-state index in [1.54, 1.807) is 0 Å². The predicted molar refractivity (Wildman–Crippen MR) is 109 cm³/mol. The largest absolute Gasteiger partial charge is 0.481 e. The van der Waals surface area contributed by atoms with Crippen molar-refractivity contribution < 1.29 is 20.1 Å². The van der Waals surface area contributed by atoms with E-state index in [4.69, 9.17) is 5.11 Å². The van der Waals surface area contributed by atoms with Crippen molar-refractivity contribution in [1.29, 1.82) is 0 Å². The highest BCUT2D eigenvalue weighted by Crippen LogP contribution is 2.68. The van der Waals surface area contributed by atoms with E-state index < -0.39 is 5.97 Å². The van der Waals surface area contributed by atoms with Gasteiger partial charge in [-0.15, -0.1) is 0 Å². The van der Waals surface area contributed by atoms with E-state index in [0.29, 0.717) is 35.5 Å². The van der Waals surface area contributed by atoms with E-state index in [9.17, 15) is 15.0 Å². The first-order valence-electron chi connectivity index (χ1n) is 11.8. The minimum Gasteiger partial charge on any atom is -0.481 e. The summed E-state index contributed by atoms with van der Waals surface area (Å²) < 4.78 is 0. The molecule has 4 fully saturated rings. The smallest absolute Gasteiger partial charge is 0.303 e. The van der Waals surface area contributed by atoms with Crippen molar-refractivity contribution >= 4 is 5.97 Å². The van der Waals surface area contributed by atoms with Crippen LogP contribution in [0.4, 0.5) is 0 Å². The molecule has 4 nitrogen and oxygen atoms in total. The van der Waals surface area contributed by atoms with Crippen LogP contribution < -0.4 is 0 Å². The van der Waals surface area contributed by atoms with Crippen LogP contribution in [0.15, 0.2) is 0 Å². The molecule has 0 aromatic rings. The van der Waals surface area contributed by atoms with E-state index in [1.165, 1.54) is 19.3 Å². The summed E-state index contributed by atoms with van der Waals surface area (Å²) in [5, 5.41) is 30.8. The first kappa shape index (κ1) is 20.7. The molecule has 160 valence electrons. The number of aliphatic hydroxyl groups excluding tert-OH is 2. The summed E-state index contributed by atoms with van der Waals surface area (Å²) in [4.78, 5) is 11.1. The van der Waals surface area contributed by atoms with E-state index in [-0.39, 0.29) is 29.5 Å². The Hall–Kier alpha value is -0.610. The number of carbonyl (C=O) groups is 1. The third-order valence-electron chi connectivity index (χ3n) is 10.3. The topological polar surface area (TPSA) is 77.8 Å². The lowest BCUT2D eigenvalue weighted by Crippen LogP contribution is -2.58. The molecule has 0 saturated heterocycles. The first-order chi connectivity index (χ1) is 13.2. The van der Waals surface area contributed by atoms with Gasteiger partial charge in [0.25, 0.3) is 0 Å². The molecule has 0 heterocycles. The van der Waals surface area contributed by atoms with Crippen LogP contribution in [-0.2, 0) is 4.79 Å². The molecule has 4 saturated carbocycles. The fourth-order valence-corrected chi connectivity index (χ4v) is 8.71. The van der Waals surface area contributed by atoms with Crippen LogP contribution in [0.3, 0.4) is 0 Å². The van der Waals surface area contributed by atoms with Crippen LogP contribution in [0.1, 0.15) is 85.0 Å². The average Bonchev–Trinajstić information content (AvgIpc) is 3.00. The summed E-state index contributed by atoms with van der Waals surface area (Å²) in [5.74, 6) is 2.55. The molecular formula is C24H40O4. The van der Waals surface area contributed by atoms with Crippen LogP contribution in [0, 0.1) is 46.3 Å². The van der Waals surface area contributed by atoms with Crippen LogP contribution in [-0.4, -0.2) is 33.5 Å². The van der Waals surface area contributed by atoms with Gasteiger partial charge in [0.05, 0.1) is 12.2 Å². The molecule has 0 aliphatic heterocycles. The maximum absolute atomic E-state index is 11.5. The monoisotopic (exact) mass is 392 g/mol. The lowest BCUT2D eigenvalue weighted by molar-refractivity contribution is -0.175. The van der Waals surface area contributed by atoms with Gasteiger partial charge in [-0.2, -0.15) is 0 Å². The molecule has 0 spiro atoms. The Bertz CT molecular complexity index is 605. The number of carboxylic acid groups (broad SMARTS) is 1. The third-order valence-corrected chi connectivity index (χ3v) is 10.3. The van der Waals surface area contributed by atoms with Crippen molar-refractivity contribution in [2.45, 2.75) is 97.2 Å². The number of fused-ring (bicyclic) bond motifs is 5. The Morgan fingerprint density at radius 2 is 1.79 bits per heavy atom. The van der Waals surface area contributed by atoms with Crippen LogP contribution in [0.2, 0.25) is 0 Å². The van der Waals surface area contributed by atoms with Crippen molar-refractivity contribution in [1.82, 2.24) is 0 Å². The van der Waals surface area contributed by atoms with E-state index in [1.807, 2.05) is 0 Å². The molecule has 0 radical (unpaired) electrons. The molecule has 28 heavy (non-hydrogen) atoms. The average molecular weight is 393 g/mol. The zero-order chi connectivity index (χ0) is 20.3. The highest BCUT2D eigenvalue weighted by Gasteiger charge is 2.63. The molecule has 0 aromatic heterocycles. The zero-order valence-electron chi connectivity index (χ0n) is 17.9. The highest BCUT2D eigenvalue weighted by atomic mass is 16.4. The Morgan fingerprint density at radius 3 is 2.50 bits per heavy atom. The molecule has 0 bridgehead atoms. The van der Waals surface area contributed by atoms with Gasteiger partial charge in [0.15, 0.2) is 0 Å². The third kappa shape index (κ3) is 3.05. The first-order valence-corrected chi connectivity index (χ1v) is 11.8. The normalized spacial score (nSPS) is 51.7. The summed E-state index contributed by atoms with van der Waals surface area (Å²) in [6.07, 6.45) is 9.26. The second-order valence-electron chi connectivity index (χ2n) is 11.3. The van der Waals surface area contributed by atoms with Gasteiger partial charge in [-0.1, -0.05) is 20.8 Å². The summed E-state index contributed by atoms with van der Waals surface area (Å²) in [6.45, 7) is 6.99. The number of rotatable bonds is 4. The van der Waals surface area contributed by atoms with Crippen molar-refractivity contribution in [2.75, 3.05) is 0 Å². The standard InChI is InChI=1S/C24H40O4/c1-14(4-9-22(27)28)18-7-8-19-17-6-5-15-12-16(25)10-11-23(15,2)20(17)13-21(26)24(18,19)3/h14-21,25-26H,4-13H2,1-3H3,(H,27,28)/t14-,15+,16+,17-,18+,19-,20-,21-,23-,24+/m0/s1. The zero-order valence-corrected chi connectivity index (χ0v) is 17.9. The summed E-state index contributed by atoms with van der Waals surface area (Å²) in [6, 6.07) is 0. The van der Waals surface area contributed by atoms with Crippen molar-refractivity contribution in [3.05, 3.63) is 0 Å². The van der Waals surface area contributed by atoms with Gasteiger partial charge in [-0.3, -0.25) is 4.79 Å². The maximum Gasteiger partial charge on any atom is 0.303 e. The number of aliphatic carboxylic acids is 1. The molecule has 4 rings (SSSR count). The van der Waals surface area contributed by atoms with Gasteiger partial charge in [-0.25, -0.2) is 0 Å². The van der Waals surface area contributed by atoms with Crippen molar-refractivity contribution in [2.24, 2.45) is 46.3 Å². The Labute approximate surface area is 170 Å². The van der Waals surface area contributed by atoms with Gasteiger partial charge in [-0.05, 0) is 104 Å². The van der Waals surface area contributed by atoms with Crippen molar-refractivity contribution in [3.63, 3.8) is 0 Å². The SMILES string of the molecule is C[C@@H](CCC(=O)O)[C@H]1CC[C@H]2[C@@H]3CC[C@@H]4C[C@H](O)CC[C@]4(C)[C@H]3C[C@H](O)[C@]12C. The Kier molecular flexibility index (Phi) is 5.36. The Morgan fingerprint density at radius 1 is 1.04 bits per heavy atom. The quantitative estimate of drug-likeness (QED) is 0.659. The molecule has 0 aromatic carbocycles. The van der Waals surface area contributed by atoms with Gasteiger partial charge >= 0.3 is 5.97 Å². The number of hydrogen-bond acceptors (Lipinski definition) is 3. The van der Waals surface area contributed by atoms with Crippen LogP contribution in [0.25, 0.3) is 0 Å². The highest BCUT2D eigenvalue weighted by molar-refractivity contribution is 5.66. The van der Waals surface area contributed by atoms with E-state index >= 15 is 0 Å². The minimum absolute atomic E-state index is 0.0591. The van der Waals surface area contributed by atoms with Gasteiger partial charge in [0.2, 0.25) is 0 Å². The van der Waals surface area contributed by atoms with E-state index in [2.05, 4.69) is 20.8 Å². The molecule has 10 atom stereocenters. The van der Waals surface area contributed by atoms with Gasteiger partial charge in [0.1, 0.15) is 0 Å². The summed E-state index contributed by atoms with van der Waals surface area (Å²) in [7, 11) is 0. The summed E-state index contributed by atoms with van der Waals surface area (Å²) in [5.41, 5.74) is 0.216. The predicted octanol–water partition coefficient (Wildman–Crippen LogP) is 4.48. The number of aliphatic hydroxyl groups is 2. The van der Waals surface area contributed by atoms with Gasteiger partial charge in [0, 0.05) is 6.42 Å². The number of hydrogen-bond donors (Lipinski definition) is 3. The molecular weight excluding hydrogens is 352 g/mol. The van der Waals surface area contributed by atoms with Crippen LogP contribution in [0.5, 0.6) is 0 Å². The van der Waals surface area contributed by atoms with Crippen LogP contribution >= 0.6 is 0 Å². The van der Waals surface area contributed by atoms with E-state index in [0.717, 1.165) is 38.5 Å². The van der Waals surface area contributed by atoms with Crippen molar-refractivity contribution in [3.8, 4) is 0 Å². The molecule has 4 aliphatic carbocycles. The van der Waals surface area contributed by atoms with Gasteiger partial charge < -0.3 is 15.3 Å². The molecule has 3 N–H and O–H groups in total. The Balaban J connectivity index is 1.56. The minimum atomic E-state index is -0.707. The fourth-order valence-electron chi connectivity index (χ4n) is 8.71. The lowest BCUT2D eigenvalue weighted by atomic mass is 9.43. The fraction of sp³-hybridized carbons (Fsp3) is 0.958. The lowest BCUT2D eigenvalue weighted by Gasteiger charge is -2.62. The second kappa shape index (κ2) is 7.27. The molecule has 0 amide bonds. The maximum atomic E-state index is 11.5. The second-order valence-corrected chi connectivity index (χ2v) is 11.3.